The van der Waals surface area contributed by atoms with E-state index in [2.05, 4.69) is 19.9 Å². The molecule has 0 aliphatic rings. The molecule has 0 unspecified atom stereocenters. The summed E-state index contributed by atoms with van der Waals surface area (Å²) < 4.78 is 36.9. The molecular weight excluding hydrogens is 296 g/mol. The maximum absolute atomic E-state index is 12.2. The van der Waals surface area contributed by atoms with Crippen LogP contribution in [0, 0.1) is 6.92 Å². The second kappa shape index (κ2) is 6.00. The monoisotopic (exact) mass is 312 g/mol. The van der Waals surface area contributed by atoms with Gasteiger partial charge in [0.15, 0.2) is 0 Å². The molecule has 1 heterocycles. The summed E-state index contributed by atoms with van der Waals surface area (Å²) in [6.45, 7) is 4.16. The van der Waals surface area contributed by atoms with Crippen molar-refractivity contribution in [2.24, 2.45) is 0 Å². The first kappa shape index (κ1) is 15.1. The highest BCUT2D eigenvalue weighted by Crippen LogP contribution is 2.23. The van der Waals surface area contributed by atoms with Crippen molar-refractivity contribution in [2.75, 3.05) is 18.4 Å². The van der Waals surface area contributed by atoms with E-state index in [0.717, 1.165) is 5.56 Å². The van der Waals surface area contributed by atoms with E-state index in [1.807, 2.05) is 6.92 Å². The van der Waals surface area contributed by atoms with Crippen molar-refractivity contribution in [3.63, 3.8) is 0 Å². The van der Waals surface area contributed by atoms with E-state index in [0.29, 0.717) is 12.4 Å². The van der Waals surface area contributed by atoms with E-state index in [1.165, 1.54) is 19.2 Å². The van der Waals surface area contributed by atoms with Gasteiger partial charge in [0.1, 0.15) is 5.75 Å². The normalized spacial score (nSPS) is 11.2. The van der Waals surface area contributed by atoms with Crippen LogP contribution in [0.5, 0.6) is 11.8 Å². The van der Waals surface area contributed by atoms with Gasteiger partial charge in [0.25, 0.3) is 10.0 Å². The summed E-state index contributed by atoms with van der Waals surface area (Å²) >= 11 is 0. The first-order valence-corrected chi connectivity index (χ1v) is 7.67. The van der Waals surface area contributed by atoms with E-state index in [1.54, 1.807) is 13.0 Å². The molecule has 9 heteroatoms. The molecule has 0 saturated carbocycles. The molecule has 1 aromatic carbocycles. The number of nitrogens with one attached hydrogen (secondary N) is 2. The van der Waals surface area contributed by atoms with E-state index in [4.69, 9.17) is 9.47 Å². The minimum Gasteiger partial charge on any atom is -0.494 e. The van der Waals surface area contributed by atoms with E-state index < -0.39 is 10.0 Å². The number of hydrogen-bond acceptors (Lipinski definition) is 6. The molecule has 21 heavy (non-hydrogen) atoms. The highest BCUT2D eigenvalue weighted by molar-refractivity contribution is 7.92. The summed E-state index contributed by atoms with van der Waals surface area (Å²) in [5.41, 5.74) is 0.731. The lowest BCUT2D eigenvalue weighted by Crippen LogP contribution is -2.14. The topological polar surface area (TPSA) is 106 Å². The molecule has 0 aliphatic heterocycles. The molecule has 2 rings (SSSR count). The van der Waals surface area contributed by atoms with Gasteiger partial charge in [-0.2, -0.15) is 4.98 Å². The zero-order valence-corrected chi connectivity index (χ0v) is 12.7. The average molecular weight is 312 g/mol. The number of rotatable bonds is 6. The quantitative estimate of drug-likeness (QED) is 0.833. The molecular formula is C12H16N4O4S. The van der Waals surface area contributed by atoms with Gasteiger partial charge in [-0.25, -0.2) is 18.2 Å². The van der Waals surface area contributed by atoms with Gasteiger partial charge in [-0.1, -0.05) is 0 Å². The number of methoxy groups -OCH3 is 1. The molecule has 0 spiro atoms. The summed E-state index contributed by atoms with van der Waals surface area (Å²) in [6.07, 6.45) is 0. The second-order valence-corrected chi connectivity index (χ2v) is 5.82. The standard InChI is InChI=1S/C12H16N4O4S/c1-4-20-10-6-5-9(7-8(10)2)21(17,18)16-11-13-12(19-3)15-14-11/h5-7H,4H2,1-3H3,(H2,13,14,15,16). The van der Waals surface area contributed by atoms with Crippen molar-refractivity contribution in [3.8, 4) is 11.8 Å². The lowest BCUT2D eigenvalue weighted by atomic mass is 10.2. The van der Waals surface area contributed by atoms with Crippen molar-refractivity contribution >= 4 is 16.0 Å². The third-order valence-electron chi connectivity index (χ3n) is 2.64. The molecule has 0 atom stereocenters. The third-order valence-corrected chi connectivity index (χ3v) is 3.97. The molecule has 0 saturated heterocycles. The summed E-state index contributed by atoms with van der Waals surface area (Å²) in [7, 11) is -2.37. The molecule has 0 aliphatic carbocycles. The number of anilines is 1. The molecule has 0 fully saturated rings. The predicted octanol–water partition coefficient (Wildman–Crippen LogP) is 1.32. The molecule has 0 radical (unpaired) electrons. The number of ether oxygens (including phenoxy) is 2. The lowest BCUT2D eigenvalue weighted by Gasteiger charge is -2.09. The van der Waals surface area contributed by atoms with Gasteiger partial charge in [-0.15, -0.1) is 5.10 Å². The van der Waals surface area contributed by atoms with Crippen LogP contribution in [0.2, 0.25) is 0 Å². The van der Waals surface area contributed by atoms with Crippen LogP contribution >= 0.6 is 0 Å². The number of nitrogens with zero attached hydrogens (tertiary/aromatic N) is 2. The van der Waals surface area contributed by atoms with Crippen molar-refractivity contribution in [1.82, 2.24) is 15.2 Å². The Labute approximate surface area is 122 Å². The fourth-order valence-corrected chi connectivity index (χ4v) is 2.72. The van der Waals surface area contributed by atoms with Crippen LogP contribution in [-0.2, 0) is 10.0 Å². The van der Waals surface area contributed by atoms with Crippen LogP contribution in [0.25, 0.3) is 0 Å². The first-order chi connectivity index (χ1) is 9.96. The summed E-state index contributed by atoms with van der Waals surface area (Å²) in [5, 5.41) is 6.09. The fourth-order valence-electron chi connectivity index (χ4n) is 1.68. The van der Waals surface area contributed by atoms with Gasteiger partial charge < -0.3 is 9.47 Å². The number of benzene rings is 1. The molecule has 2 aromatic rings. The summed E-state index contributed by atoms with van der Waals surface area (Å²) in [6, 6.07) is 4.67. The number of aromatic amines is 1. The largest absolute Gasteiger partial charge is 0.494 e. The molecule has 0 amide bonds. The zero-order chi connectivity index (χ0) is 15.5. The van der Waals surface area contributed by atoms with Gasteiger partial charge in [0.05, 0.1) is 18.6 Å². The van der Waals surface area contributed by atoms with Gasteiger partial charge in [-0.05, 0) is 37.6 Å². The Morgan fingerprint density at radius 2 is 2.14 bits per heavy atom. The van der Waals surface area contributed by atoms with E-state index >= 15 is 0 Å². The number of aromatic nitrogens is 3. The summed E-state index contributed by atoms with van der Waals surface area (Å²) in [5.74, 6) is 0.635. The third kappa shape index (κ3) is 3.43. The van der Waals surface area contributed by atoms with Crippen LogP contribution in [0.15, 0.2) is 23.1 Å². The Hall–Kier alpha value is -2.29. The Bertz CT molecular complexity index is 727. The van der Waals surface area contributed by atoms with Crippen molar-refractivity contribution in [2.45, 2.75) is 18.7 Å². The highest BCUT2D eigenvalue weighted by Gasteiger charge is 2.18. The average Bonchev–Trinajstić information content (AvgIpc) is 2.88. The molecule has 114 valence electrons. The number of sulfonamides is 1. The number of aryl methyl sites for hydroxylation is 1. The van der Waals surface area contributed by atoms with Crippen molar-refractivity contribution in [3.05, 3.63) is 23.8 Å². The number of H-pyrrole nitrogens is 1. The smallest absolute Gasteiger partial charge is 0.336 e. The van der Waals surface area contributed by atoms with Crippen LogP contribution in [-0.4, -0.2) is 37.3 Å². The van der Waals surface area contributed by atoms with Crippen LogP contribution in [0.1, 0.15) is 12.5 Å². The lowest BCUT2D eigenvalue weighted by molar-refractivity contribution is 0.337. The minimum absolute atomic E-state index is 0.0154. The number of hydrogen-bond donors (Lipinski definition) is 2. The van der Waals surface area contributed by atoms with Crippen LogP contribution < -0.4 is 14.2 Å². The Morgan fingerprint density at radius 1 is 1.38 bits per heavy atom. The maximum atomic E-state index is 12.2. The highest BCUT2D eigenvalue weighted by atomic mass is 32.2. The van der Waals surface area contributed by atoms with Crippen LogP contribution in [0.3, 0.4) is 0 Å². The Balaban J connectivity index is 2.24. The van der Waals surface area contributed by atoms with E-state index in [9.17, 15) is 8.42 Å². The zero-order valence-electron chi connectivity index (χ0n) is 11.9. The van der Waals surface area contributed by atoms with Gasteiger partial charge in [-0.3, -0.25) is 0 Å². The van der Waals surface area contributed by atoms with E-state index in [-0.39, 0.29) is 16.9 Å². The van der Waals surface area contributed by atoms with Crippen molar-refractivity contribution in [1.29, 1.82) is 0 Å². The molecule has 0 bridgehead atoms. The second-order valence-electron chi connectivity index (χ2n) is 4.14. The summed E-state index contributed by atoms with van der Waals surface area (Å²) in [4.78, 5) is 3.92. The Morgan fingerprint density at radius 3 is 2.71 bits per heavy atom. The Kier molecular flexibility index (Phi) is 4.32. The minimum atomic E-state index is -3.76. The predicted molar refractivity (Wildman–Crippen MR) is 76.1 cm³/mol. The van der Waals surface area contributed by atoms with Gasteiger partial charge >= 0.3 is 6.01 Å². The van der Waals surface area contributed by atoms with Crippen LogP contribution in [0.4, 0.5) is 5.95 Å². The van der Waals surface area contributed by atoms with Gasteiger partial charge in [0, 0.05) is 0 Å². The molecule has 1 aromatic heterocycles. The molecule has 2 N–H and O–H groups in total. The maximum Gasteiger partial charge on any atom is 0.336 e. The SMILES string of the molecule is CCOc1ccc(S(=O)(=O)Nc2nc(OC)n[nH]2)cc1C. The first-order valence-electron chi connectivity index (χ1n) is 6.19. The fraction of sp³-hybridized carbons (Fsp3) is 0.333. The molecule has 8 nitrogen and oxygen atoms in total. The van der Waals surface area contributed by atoms with Crippen molar-refractivity contribution < 1.29 is 17.9 Å². The van der Waals surface area contributed by atoms with Gasteiger partial charge in [0.2, 0.25) is 5.95 Å².